The van der Waals surface area contributed by atoms with Crippen LogP contribution in [0.5, 0.6) is 0 Å². The van der Waals surface area contributed by atoms with E-state index in [1.807, 2.05) is 13.8 Å². The third kappa shape index (κ3) is 10.1. The maximum atomic E-state index is 11.7. The Balaban J connectivity index is 3.73. The van der Waals surface area contributed by atoms with Crippen molar-refractivity contribution in [2.24, 2.45) is 11.1 Å². The van der Waals surface area contributed by atoms with E-state index >= 15 is 0 Å². The molecule has 3 N–H and O–H groups in total. The monoisotopic (exact) mass is 256 g/mol. The number of halogens is 3. The molecule has 0 aromatic carbocycles. The fraction of sp³-hybridized carbons (Fsp3) is 0.900. The van der Waals surface area contributed by atoms with E-state index in [9.17, 15) is 18.0 Å². The van der Waals surface area contributed by atoms with Gasteiger partial charge in [-0.2, -0.15) is 13.2 Å². The Hall–Kier alpha value is -0.820. The molecular formula is C10H19F3N2O2. The lowest BCUT2D eigenvalue weighted by molar-refractivity contribution is -0.191. The predicted molar refractivity (Wildman–Crippen MR) is 56.8 cm³/mol. The first-order chi connectivity index (χ1) is 7.66. The summed E-state index contributed by atoms with van der Waals surface area (Å²) in [6.07, 6.45) is -3.02. The van der Waals surface area contributed by atoms with Crippen LogP contribution in [-0.4, -0.2) is 25.2 Å². The number of rotatable bonds is 7. The quantitative estimate of drug-likeness (QED) is 0.682. The van der Waals surface area contributed by atoms with Crippen molar-refractivity contribution in [2.75, 3.05) is 13.2 Å². The third-order valence-electron chi connectivity index (χ3n) is 2.27. The van der Waals surface area contributed by atoms with Crippen molar-refractivity contribution in [2.45, 2.75) is 39.3 Å². The number of carbonyl (C=O) groups is 1. The van der Waals surface area contributed by atoms with Crippen LogP contribution in [0.2, 0.25) is 0 Å². The molecule has 0 fully saturated rings. The lowest BCUT2D eigenvalue weighted by Gasteiger charge is -2.23. The molecule has 7 heteroatoms. The van der Waals surface area contributed by atoms with Crippen molar-refractivity contribution in [3.8, 4) is 0 Å². The summed E-state index contributed by atoms with van der Waals surface area (Å²) < 4.78 is 35.1. The summed E-state index contributed by atoms with van der Waals surface area (Å²) in [5, 5.41) is 0. The number of hydroxylamine groups is 1. The Morgan fingerprint density at radius 3 is 2.35 bits per heavy atom. The largest absolute Gasteiger partial charge is 0.414 e. The molecule has 0 rings (SSSR count). The molecule has 0 radical (unpaired) electrons. The molecule has 1 amide bonds. The SMILES string of the molecule is CC(C)(CCN)CCC(=O)NOCC(F)(F)F. The minimum absolute atomic E-state index is 0.101. The number of alkyl halides is 3. The summed E-state index contributed by atoms with van der Waals surface area (Å²) in [6, 6.07) is 0. The summed E-state index contributed by atoms with van der Waals surface area (Å²) >= 11 is 0. The lowest BCUT2D eigenvalue weighted by atomic mass is 9.84. The highest BCUT2D eigenvalue weighted by atomic mass is 19.4. The third-order valence-corrected chi connectivity index (χ3v) is 2.27. The van der Waals surface area contributed by atoms with Crippen molar-refractivity contribution in [3.63, 3.8) is 0 Å². The van der Waals surface area contributed by atoms with Crippen molar-refractivity contribution >= 4 is 5.91 Å². The first-order valence-electron chi connectivity index (χ1n) is 5.34. The van der Waals surface area contributed by atoms with E-state index in [0.29, 0.717) is 13.0 Å². The Bertz CT molecular complexity index is 242. The predicted octanol–water partition coefficient (Wildman–Crippen LogP) is 1.75. The number of nitrogens with two attached hydrogens (primary N) is 1. The number of carbonyl (C=O) groups excluding carboxylic acids is 1. The first-order valence-corrected chi connectivity index (χ1v) is 5.34. The van der Waals surface area contributed by atoms with E-state index < -0.39 is 18.7 Å². The van der Waals surface area contributed by atoms with Crippen LogP contribution in [0, 0.1) is 5.41 Å². The molecule has 0 aromatic heterocycles. The zero-order chi connectivity index (χ0) is 13.5. The molecule has 102 valence electrons. The Labute approximate surface area is 98.6 Å². The van der Waals surface area contributed by atoms with Crippen LogP contribution < -0.4 is 11.2 Å². The summed E-state index contributed by atoms with van der Waals surface area (Å²) in [5.41, 5.74) is 7.06. The molecule has 0 atom stereocenters. The zero-order valence-corrected chi connectivity index (χ0v) is 10.1. The van der Waals surface area contributed by atoms with Gasteiger partial charge in [0.1, 0.15) is 0 Å². The normalized spacial score (nSPS) is 12.6. The minimum Gasteiger partial charge on any atom is -0.330 e. The summed E-state index contributed by atoms with van der Waals surface area (Å²) in [5.74, 6) is -0.556. The number of amides is 1. The van der Waals surface area contributed by atoms with Gasteiger partial charge in [0.05, 0.1) is 0 Å². The van der Waals surface area contributed by atoms with E-state index in [2.05, 4.69) is 4.84 Å². The molecular weight excluding hydrogens is 237 g/mol. The molecule has 0 unspecified atom stereocenters. The van der Waals surface area contributed by atoms with E-state index in [1.54, 1.807) is 5.48 Å². The molecule has 0 aliphatic rings. The van der Waals surface area contributed by atoms with Crippen LogP contribution in [-0.2, 0) is 9.63 Å². The van der Waals surface area contributed by atoms with Gasteiger partial charge in [0, 0.05) is 6.42 Å². The van der Waals surface area contributed by atoms with Crippen LogP contribution in [0.15, 0.2) is 0 Å². The van der Waals surface area contributed by atoms with Gasteiger partial charge in [-0.05, 0) is 24.8 Å². The van der Waals surface area contributed by atoms with Crippen molar-refractivity contribution in [3.05, 3.63) is 0 Å². The van der Waals surface area contributed by atoms with Gasteiger partial charge >= 0.3 is 6.18 Å². The average Bonchev–Trinajstić information content (AvgIpc) is 2.13. The van der Waals surface area contributed by atoms with Gasteiger partial charge < -0.3 is 5.73 Å². The van der Waals surface area contributed by atoms with E-state index in [0.717, 1.165) is 6.42 Å². The van der Waals surface area contributed by atoms with Crippen LogP contribution in [0.25, 0.3) is 0 Å². The van der Waals surface area contributed by atoms with E-state index in [1.165, 1.54) is 0 Å². The standard InChI is InChI=1S/C10H19F3N2O2/c1-9(2,5-6-14)4-3-8(16)15-17-7-10(11,12)13/h3-7,14H2,1-2H3,(H,15,16). The Kier molecular flexibility index (Phi) is 6.48. The number of nitrogens with one attached hydrogen (secondary N) is 1. The second kappa shape index (κ2) is 6.80. The molecule has 4 nitrogen and oxygen atoms in total. The number of hydrogen-bond donors (Lipinski definition) is 2. The van der Waals surface area contributed by atoms with E-state index in [4.69, 9.17) is 5.73 Å². The summed E-state index contributed by atoms with van der Waals surface area (Å²) in [4.78, 5) is 15.2. The Morgan fingerprint density at radius 1 is 1.29 bits per heavy atom. The van der Waals surface area contributed by atoms with Crippen molar-refractivity contribution in [1.29, 1.82) is 0 Å². The van der Waals surface area contributed by atoms with Crippen LogP contribution in [0.4, 0.5) is 13.2 Å². The summed E-state index contributed by atoms with van der Waals surface area (Å²) in [7, 11) is 0. The van der Waals surface area contributed by atoms with Gasteiger partial charge in [-0.15, -0.1) is 0 Å². The lowest BCUT2D eigenvalue weighted by Crippen LogP contribution is -2.30. The topological polar surface area (TPSA) is 64.4 Å². The van der Waals surface area contributed by atoms with Gasteiger partial charge in [-0.3, -0.25) is 9.63 Å². The molecule has 0 aromatic rings. The highest BCUT2D eigenvalue weighted by Crippen LogP contribution is 2.25. The highest BCUT2D eigenvalue weighted by molar-refractivity contribution is 5.74. The molecule has 0 heterocycles. The molecule has 0 aliphatic carbocycles. The fourth-order valence-corrected chi connectivity index (χ4v) is 1.22. The summed E-state index contributed by atoms with van der Waals surface area (Å²) in [6.45, 7) is 2.93. The molecule has 0 saturated heterocycles. The average molecular weight is 256 g/mol. The van der Waals surface area contributed by atoms with Crippen LogP contribution in [0.1, 0.15) is 33.1 Å². The van der Waals surface area contributed by atoms with Gasteiger partial charge in [0.15, 0.2) is 6.61 Å². The molecule has 17 heavy (non-hydrogen) atoms. The second-order valence-corrected chi connectivity index (χ2v) is 4.63. The zero-order valence-electron chi connectivity index (χ0n) is 10.1. The van der Waals surface area contributed by atoms with Crippen LogP contribution >= 0.6 is 0 Å². The van der Waals surface area contributed by atoms with Gasteiger partial charge in [0.2, 0.25) is 5.91 Å². The molecule has 0 aliphatic heterocycles. The highest BCUT2D eigenvalue weighted by Gasteiger charge is 2.28. The van der Waals surface area contributed by atoms with Gasteiger partial charge in [0.25, 0.3) is 0 Å². The molecule has 0 saturated carbocycles. The first kappa shape index (κ1) is 16.2. The second-order valence-electron chi connectivity index (χ2n) is 4.63. The maximum Gasteiger partial charge on any atom is 0.414 e. The minimum atomic E-state index is -4.44. The fourth-order valence-electron chi connectivity index (χ4n) is 1.22. The van der Waals surface area contributed by atoms with Gasteiger partial charge in [-0.25, -0.2) is 5.48 Å². The van der Waals surface area contributed by atoms with E-state index in [-0.39, 0.29) is 11.8 Å². The van der Waals surface area contributed by atoms with Crippen molar-refractivity contribution < 1.29 is 22.8 Å². The smallest absolute Gasteiger partial charge is 0.330 e. The van der Waals surface area contributed by atoms with Crippen LogP contribution in [0.3, 0.4) is 0 Å². The number of hydrogen-bond acceptors (Lipinski definition) is 3. The maximum absolute atomic E-state index is 11.7. The van der Waals surface area contributed by atoms with Crippen molar-refractivity contribution in [1.82, 2.24) is 5.48 Å². The molecule has 0 spiro atoms. The molecule has 0 bridgehead atoms. The van der Waals surface area contributed by atoms with Gasteiger partial charge in [-0.1, -0.05) is 13.8 Å². The Morgan fingerprint density at radius 2 is 1.88 bits per heavy atom.